The second-order valence-electron chi connectivity index (χ2n) is 10.2. The van der Waals surface area contributed by atoms with E-state index < -0.39 is 40.0 Å². The Balaban J connectivity index is 1.62. The number of carbonyl (C=O) groups is 2. The lowest BCUT2D eigenvalue weighted by Crippen LogP contribution is -2.49. The molecule has 15 heteroatoms. The number of nitrogens with two attached hydrogens (primary N) is 1. The average molecular weight is 566 g/mol. The number of sulfonamides is 1. The van der Waals surface area contributed by atoms with Crippen LogP contribution in [0.4, 0.5) is 24.7 Å². The Morgan fingerprint density at radius 2 is 1.92 bits per heavy atom. The molecule has 1 aromatic carbocycles. The molecule has 0 spiro atoms. The molecule has 2 aromatic heterocycles. The van der Waals surface area contributed by atoms with Crippen LogP contribution in [0.5, 0.6) is 0 Å². The third-order valence-corrected chi connectivity index (χ3v) is 7.17. The number of carbonyl (C=O) groups excluding carboxylic acids is 2. The molecule has 1 saturated carbocycles. The summed E-state index contributed by atoms with van der Waals surface area (Å²) < 4.78 is 69.6. The minimum Gasteiger partial charge on any atom is -0.381 e. The number of amides is 2. The van der Waals surface area contributed by atoms with Crippen LogP contribution in [0, 0.1) is 5.92 Å². The normalized spacial score (nSPS) is 16.6. The van der Waals surface area contributed by atoms with Crippen molar-refractivity contribution in [3.05, 3.63) is 41.1 Å². The third-order valence-electron chi connectivity index (χ3n) is 6.58. The quantitative estimate of drug-likeness (QED) is 0.398. The molecule has 11 nitrogen and oxygen atoms in total. The molecule has 1 aliphatic carbocycles. The molecular weight excluding hydrogens is 539 g/mol. The molecule has 4 N–H and O–H groups in total. The summed E-state index contributed by atoms with van der Waals surface area (Å²) in [6.45, 7) is 2.35. The highest BCUT2D eigenvalue weighted by atomic mass is 32.2. The van der Waals surface area contributed by atoms with Gasteiger partial charge < -0.3 is 16.0 Å². The number of halogens is 3. The van der Waals surface area contributed by atoms with Gasteiger partial charge in [-0.3, -0.25) is 14.3 Å². The fourth-order valence-electron chi connectivity index (χ4n) is 4.86. The van der Waals surface area contributed by atoms with Gasteiger partial charge in [-0.05, 0) is 42.5 Å². The van der Waals surface area contributed by atoms with E-state index in [0.29, 0.717) is 10.5 Å². The van der Waals surface area contributed by atoms with Crippen molar-refractivity contribution >= 4 is 39.0 Å². The van der Waals surface area contributed by atoms with Crippen molar-refractivity contribution in [2.75, 3.05) is 16.7 Å². The predicted molar refractivity (Wildman–Crippen MR) is 136 cm³/mol. The number of rotatable bonds is 7. The first-order chi connectivity index (χ1) is 18.1. The Morgan fingerprint density at radius 1 is 1.23 bits per heavy atom. The number of hydrogen-bond donors (Lipinski definition) is 3. The molecule has 0 unspecified atom stereocenters. The van der Waals surface area contributed by atoms with Gasteiger partial charge in [0.05, 0.1) is 23.2 Å². The van der Waals surface area contributed by atoms with Gasteiger partial charge in [-0.1, -0.05) is 13.8 Å². The fourth-order valence-corrected chi connectivity index (χ4v) is 5.42. The van der Waals surface area contributed by atoms with Crippen molar-refractivity contribution in [3.8, 4) is 11.3 Å². The van der Waals surface area contributed by atoms with Crippen LogP contribution in [0.15, 0.2) is 24.4 Å². The molecule has 5 rings (SSSR count). The fraction of sp³-hybridized carbons (Fsp3) is 0.417. The van der Waals surface area contributed by atoms with Gasteiger partial charge in [0.2, 0.25) is 10.0 Å². The van der Waals surface area contributed by atoms with Gasteiger partial charge in [0.15, 0.2) is 11.5 Å². The van der Waals surface area contributed by atoms with Crippen LogP contribution < -0.4 is 15.8 Å². The number of nitrogens with one attached hydrogen (secondary N) is 2. The van der Waals surface area contributed by atoms with E-state index >= 15 is 0 Å². The number of nitrogen functional groups attached to an aromatic ring is 1. The minimum atomic E-state index is -4.69. The molecule has 208 valence electrons. The summed E-state index contributed by atoms with van der Waals surface area (Å²) in [5, 5.41) is 6.96. The Morgan fingerprint density at radius 3 is 2.51 bits per heavy atom. The highest BCUT2D eigenvalue weighted by Gasteiger charge is 2.50. The second-order valence-corrected chi connectivity index (χ2v) is 11.9. The summed E-state index contributed by atoms with van der Waals surface area (Å²) in [6.07, 6.45) is -0.590. The SMILES string of the molecule is CC(C)[C@H](N1Cc2cc(-c3ccn4nc(N)c(C(=O)NC5CC5)c4n3)cc(NS(C)(=O)=O)c2C1=O)C(F)(F)F. The van der Waals surface area contributed by atoms with Gasteiger partial charge in [-0.15, -0.1) is 5.10 Å². The standard InChI is InChI=1S/C24H26F3N7O4S/c1-11(2)19(24(25,26)27)33-10-13-8-12(9-16(17(13)23(33)36)32-39(3,37)38)15-6-7-34-21(30-15)18(20(28)31-34)22(35)29-14-4-5-14/h6-9,11,14,19,32H,4-5,10H2,1-3H3,(H2,28,31)(H,29,35)/t19-/m0/s1. The first kappa shape index (κ1) is 26.7. The number of aromatic nitrogens is 3. The van der Waals surface area contributed by atoms with Gasteiger partial charge in [0.1, 0.15) is 11.6 Å². The van der Waals surface area contributed by atoms with Crippen LogP contribution in [0.2, 0.25) is 0 Å². The number of anilines is 2. The van der Waals surface area contributed by atoms with Gasteiger partial charge in [0.25, 0.3) is 11.8 Å². The van der Waals surface area contributed by atoms with E-state index in [0.717, 1.165) is 19.1 Å². The van der Waals surface area contributed by atoms with E-state index in [2.05, 4.69) is 20.1 Å². The molecule has 0 radical (unpaired) electrons. The van der Waals surface area contributed by atoms with E-state index in [4.69, 9.17) is 5.73 Å². The molecule has 1 atom stereocenters. The van der Waals surface area contributed by atoms with E-state index in [1.165, 1.54) is 42.8 Å². The maximum Gasteiger partial charge on any atom is 0.409 e. The van der Waals surface area contributed by atoms with E-state index in [1.807, 2.05) is 0 Å². The summed E-state index contributed by atoms with van der Waals surface area (Å²) >= 11 is 0. The number of alkyl halides is 3. The number of benzene rings is 1. The van der Waals surface area contributed by atoms with Crippen molar-refractivity contribution < 1.29 is 31.2 Å². The number of hydrogen-bond acceptors (Lipinski definition) is 7. The molecule has 3 aromatic rings. The maximum absolute atomic E-state index is 13.9. The maximum atomic E-state index is 13.9. The smallest absolute Gasteiger partial charge is 0.381 e. The lowest BCUT2D eigenvalue weighted by molar-refractivity contribution is -0.187. The molecule has 0 saturated heterocycles. The summed E-state index contributed by atoms with van der Waals surface area (Å²) in [4.78, 5) is 31.3. The van der Waals surface area contributed by atoms with Gasteiger partial charge >= 0.3 is 6.18 Å². The van der Waals surface area contributed by atoms with Crippen LogP contribution in [0.3, 0.4) is 0 Å². The first-order valence-electron chi connectivity index (χ1n) is 12.1. The lowest BCUT2D eigenvalue weighted by Gasteiger charge is -2.32. The molecule has 2 amide bonds. The zero-order valence-corrected chi connectivity index (χ0v) is 22.0. The van der Waals surface area contributed by atoms with E-state index in [9.17, 15) is 31.2 Å². The molecular formula is C24H26F3N7O4S. The lowest BCUT2D eigenvalue weighted by atomic mass is 10.0. The Kier molecular flexibility index (Phi) is 6.24. The zero-order chi connectivity index (χ0) is 28.4. The van der Waals surface area contributed by atoms with Crippen molar-refractivity contribution in [1.82, 2.24) is 24.8 Å². The molecule has 1 fully saturated rings. The van der Waals surface area contributed by atoms with Crippen LogP contribution in [0.25, 0.3) is 16.9 Å². The van der Waals surface area contributed by atoms with Crippen LogP contribution in [-0.2, 0) is 16.6 Å². The second kappa shape index (κ2) is 9.10. The molecule has 2 aliphatic rings. The van der Waals surface area contributed by atoms with Gasteiger partial charge in [-0.25, -0.2) is 17.9 Å². The topological polar surface area (TPSA) is 152 Å². The van der Waals surface area contributed by atoms with E-state index in [-0.39, 0.29) is 52.1 Å². The summed E-state index contributed by atoms with van der Waals surface area (Å²) in [5.74, 6) is -2.33. The first-order valence-corrected chi connectivity index (χ1v) is 14.0. The van der Waals surface area contributed by atoms with Crippen molar-refractivity contribution in [2.45, 2.75) is 51.5 Å². The Bertz CT molecular complexity index is 1610. The van der Waals surface area contributed by atoms with Gasteiger partial charge in [-0.2, -0.15) is 13.2 Å². The summed E-state index contributed by atoms with van der Waals surface area (Å²) in [7, 11) is -3.91. The summed E-state index contributed by atoms with van der Waals surface area (Å²) in [6, 6.07) is 2.36. The van der Waals surface area contributed by atoms with Crippen LogP contribution in [0.1, 0.15) is 53.0 Å². The van der Waals surface area contributed by atoms with Crippen molar-refractivity contribution in [1.29, 1.82) is 0 Å². The molecule has 1 aliphatic heterocycles. The number of nitrogens with zero attached hydrogens (tertiary/aromatic N) is 4. The zero-order valence-electron chi connectivity index (χ0n) is 21.2. The molecule has 0 bridgehead atoms. The summed E-state index contributed by atoms with van der Waals surface area (Å²) in [5.41, 5.74) is 6.68. The molecule has 3 heterocycles. The van der Waals surface area contributed by atoms with Crippen LogP contribution >= 0.6 is 0 Å². The minimum absolute atomic E-state index is 0.0284. The van der Waals surface area contributed by atoms with Crippen molar-refractivity contribution in [3.63, 3.8) is 0 Å². The van der Waals surface area contributed by atoms with E-state index in [1.54, 1.807) is 0 Å². The van der Waals surface area contributed by atoms with Gasteiger partial charge in [0, 0.05) is 24.3 Å². The molecule has 39 heavy (non-hydrogen) atoms. The van der Waals surface area contributed by atoms with Crippen LogP contribution in [-0.4, -0.2) is 64.2 Å². The average Bonchev–Trinajstić information content (AvgIpc) is 3.45. The Hall–Kier alpha value is -3.88. The third kappa shape index (κ3) is 5.10. The Labute approximate surface area is 221 Å². The predicted octanol–water partition coefficient (Wildman–Crippen LogP) is 2.78. The monoisotopic (exact) mass is 565 g/mol. The van der Waals surface area contributed by atoms with Crippen molar-refractivity contribution in [2.24, 2.45) is 5.92 Å². The highest BCUT2D eigenvalue weighted by molar-refractivity contribution is 7.92. The highest BCUT2D eigenvalue weighted by Crippen LogP contribution is 2.40. The number of fused-ring (bicyclic) bond motifs is 2. The largest absolute Gasteiger partial charge is 0.409 e.